The number of fused-ring (bicyclic) bond motifs is 5. The highest BCUT2D eigenvalue weighted by atomic mass is 19.4. The number of carbonyl (C=O) groups excluding carboxylic acids is 3. The van der Waals surface area contributed by atoms with Crippen molar-refractivity contribution in [2.24, 2.45) is 23.7 Å². The largest absolute Gasteiger partial charge is 0.497 e. The average molecular weight is 470 g/mol. The van der Waals surface area contributed by atoms with Crippen LogP contribution in [-0.2, 0) is 15.8 Å². The number of anilines is 1. The molecule has 2 bridgehead atoms. The second kappa shape index (κ2) is 8.00. The first-order valence-corrected chi connectivity index (χ1v) is 10.9. The third-order valence-electron chi connectivity index (χ3n) is 6.89. The van der Waals surface area contributed by atoms with Crippen LogP contribution in [0.1, 0.15) is 22.3 Å². The lowest BCUT2D eigenvalue weighted by molar-refractivity contribution is -0.141. The van der Waals surface area contributed by atoms with E-state index >= 15 is 0 Å². The first-order valence-electron chi connectivity index (χ1n) is 10.9. The SMILES string of the molecule is COc1cccc(C(=O)N(CN2C(=O)[C@H]3[C@H](C2=O)[C@H]2C=C[C@H]3C2)c2cccc(C(F)(F)F)c2)c1. The van der Waals surface area contributed by atoms with Gasteiger partial charge in [0.15, 0.2) is 0 Å². The van der Waals surface area contributed by atoms with Crippen molar-refractivity contribution < 1.29 is 32.3 Å². The number of benzene rings is 2. The van der Waals surface area contributed by atoms with Crippen LogP contribution in [0.4, 0.5) is 18.9 Å². The fourth-order valence-corrected chi connectivity index (χ4v) is 5.27. The van der Waals surface area contributed by atoms with Gasteiger partial charge in [-0.05, 0) is 54.7 Å². The number of alkyl halides is 3. The van der Waals surface area contributed by atoms with Gasteiger partial charge in [0.05, 0.1) is 24.5 Å². The van der Waals surface area contributed by atoms with E-state index < -0.39 is 36.2 Å². The molecular weight excluding hydrogens is 449 g/mol. The first-order chi connectivity index (χ1) is 16.2. The van der Waals surface area contributed by atoms with Gasteiger partial charge in [-0.25, -0.2) is 0 Å². The van der Waals surface area contributed by atoms with Crippen LogP contribution in [0.15, 0.2) is 60.7 Å². The summed E-state index contributed by atoms with van der Waals surface area (Å²) in [5.74, 6) is -2.03. The van der Waals surface area contributed by atoms with E-state index in [1.165, 1.54) is 31.4 Å². The van der Waals surface area contributed by atoms with Crippen molar-refractivity contribution in [3.05, 3.63) is 71.8 Å². The van der Waals surface area contributed by atoms with Gasteiger partial charge in [-0.3, -0.25) is 24.2 Å². The van der Waals surface area contributed by atoms with Crippen LogP contribution < -0.4 is 9.64 Å². The molecule has 0 unspecified atom stereocenters. The molecule has 1 saturated heterocycles. The van der Waals surface area contributed by atoms with E-state index in [0.717, 1.165) is 28.4 Å². The molecule has 1 saturated carbocycles. The highest BCUT2D eigenvalue weighted by Gasteiger charge is 2.59. The lowest BCUT2D eigenvalue weighted by Crippen LogP contribution is -2.45. The van der Waals surface area contributed by atoms with Gasteiger partial charge >= 0.3 is 6.18 Å². The minimum Gasteiger partial charge on any atom is -0.497 e. The predicted molar refractivity (Wildman–Crippen MR) is 116 cm³/mol. The van der Waals surface area contributed by atoms with E-state index in [0.29, 0.717) is 5.75 Å². The standard InChI is InChI=1S/C25H21F3N2O4/c1-34-19-7-2-4-16(11-19)22(31)29(18-6-3-5-17(12-18)25(26,27)28)13-30-23(32)20-14-8-9-15(10-14)21(20)24(30)33/h2-9,11-12,14-15,20-21H,10,13H2,1H3/t14-,15-,20+,21+/m0/s1. The molecule has 0 N–H and O–H groups in total. The van der Waals surface area contributed by atoms with Gasteiger partial charge in [0, 0.05) is 11.3 Å². The molecule has 2 fully saturated rings. The number of amides is 3. The lowest BCUT2D eigenvalue weighted by atomic mass is 9.85. The zero-order chi connectivity index (χ0) is 24.2. The molecule has 2 aromatic rings. The van der Waals surface area contributed by atoms with Crippen LogP contribution in [0.25, 0.3) is 0 Å². The number of nitrogens with zero attached hydrogens (tertiary/aromatic N) is 2. The van der Waals surface area contributed by atoms with Gasteiger partial charge in [-0.15, -0.1) is 0 Å². The van der Waals surface area contributed by atoms with Crippen LogP contribution in [0.5, 0.6) is 5.75 Å². The Labute approximate surface area is 193 Å². The third kappa shape index (κ3) is 3.55. The number of allylic oxidation sites excluding steroid dienone is 2. The molecule has 176 valence electrons. The molecule has 2 aliphatic carbocycles. The van der Waals surface area contributed by atoms with E-state index in [-0.39, 0.29) is 34.9 Å². The second-order valence-corrected chi connectivity index (χ2v) is 8.76. The fraction of sp³-hybridized carbons (Fsp3) is 0.320. The summed E-state index contributed by atoms with van der Waals surface area (Å²) in [6.45, 7) is -0.471. The van der Waals surface area contributed by atoms with Crippen LogP contribution >= 0.6 is 0 Å². The zero-order valence-corrected chi connectivity index (χ0v) is 18.2. The van der Waals surface area contributed by atoms with Crippen LogP contribution in [0.3, 0.4) is 0 Å². The molecule has 1 heterocycles. The zero-order valence-electron chi connectivity index (χ0n) is 18.2. The lowest BCUT2D eigenvalue weighted by Gasteiger charge is -2.28. The molecule has 5 rings (SSSR count). The van der Waals surface area contributed by atoms with Gasteiger partial charge in [0.2, 0.25) is 11.8 Å². The number of halogens is 3. The Balaban J connectivity index is 1.52. The molecule has 34 heavy (non-hydrogen) atoms. The summed E-state index contributed by atoms with van der Waals surface area (Å²) in [6, 6.07) is 10.4. The maximum Gasteiger partial charge on any atom is 0.416 e. The van der Waals surface area contributed by atoms with E-state index in [9.17, 15) is 27.6 Å². The quantitative estimate of drug-likeness (QED) is 0.487. The summed E-state index contributed by atoms with van der Waals surface area (Å²) in [7, 11) is 1.43. The second-order valence-electron chi connectivity index (χ2n) is 8.76. The van der Waals surface area contributed by atoms with Crippen molar-refractivity contribution >= 4 is 23.4 Å². The first kappa shape index (κ1) is 22.2. The number of ether oxygens (including phenoxy) is 1. The number of carbonyl (C=O) groups is 3. The van der Waals surface area contributed by atoms with Crippen LogP contribution in [0, 0.1) is 23.7 Å². The monoisotopic (exact) mass is 470 g/mol. The Kier molecular flexibility index (Phi) is 5.22. The number of rotatable bonds is 5. The van der Waals surface area contributed by atoms with Crippen LogP contribution in [-0.4, -0.2) is 36.4 Å². The summed E-state index contributed by atoms with van der Waals surface area (Å²) >= 11 is 0. The minimum atomic E-state index is -4.62. The van der Waals surface area contributed by atoms with Crippen LogP contribution in [0.2, 0.25) is 0 Å². The molecular formula is C25H21F3N2O4. The third-order valence-corrected chi connectivity index (χ3v) is 6.89. The molecule has 1 aliphatic heterocycles. The molecule has 2 aromatic carbocycles. The molecule has 4 atom stereocenters. The Morgan fingerprint density at radius 1 is 1.03 bits per heavy atom. The maximum atomic E-state index is 13.5. The van der Waals surface area contributed by atoms with Crippen molar-refractivity contribution in [3.8, 4) is 5.75 Å². The Morgan fingerprint density at radius 2 is 1.68 bits per heavy atom. The van der Waals surface area contributed by atoms with Crippen molar-refractivity contribution in [2.45, 2.75) is 12.6 Å². The van der Waals surface area contributed by atoms with Crippen molar-refractivity contribution in [2.75, 3.05) is 18.7 Å². The number of imide groups is 1. The molecule has 3 aliphatic rings. The highest BCUT2D eigenvalue weighted by molar-refractivity contribution is 6.10. The Bertz CT molecular complexity index is 1180. The Hall–Kier alpha value is -3.62. The minimum absolute atomic E-state index is 0.0208. The van der Waals surface area contributed by atoms with E-state index in [4.69, 9.17) is 4.74 Å². The topological polar surface area (TPSA) is 66.9 Å². The van der Waals surface area contributed by atoms with Gasteiger partial charge in [0.1, 0.15) is 12.4 Å². The molecule has 0 aromatic heterocycles. The molecule has 0 radical (unpaired) electrons. The molecule has 6 nitrogen and oxygen atoms in total. The Morgan fingerprint density at radius 3 is 2.29 bits per heavy atom. The van der Waals surface area contributed by atoms with E-state index in [1.807, 2.05) is 12.2 Å². The normalized spacial score (nSPS) is 25.1. The summed E-state index contributed by atoms with van der Waals surface area (Å²) < 4.78 is 45.3. The number of likely N-dealkylation sites (tertiary alicyclic amines) is 1. The maximum absolute atomic E-state index is 13.5. The number of methoxy groups -OCH3 is 1. The number of hydrogen-bond acceptors (Lipinski definition) is 4. The molecule has 3 amide bonds. The van der Waals surface area contributed by atoms with Gasteiger partial charge in [-0.1, -0.05) is 24.3 Å². The van der Waals surface area contributed by atoms with Crippen molar-refractivity contribution in [1.82, 2.24) is 4.90 Å². The van der Waals surface area contributed by atoms with Gasteiger partial charge < -0.3 is 4.74 Å². The summed E-state index contributed by atoms with van der Waals surface area (Å²) in [4.78, 5) is 41.9. The highest BCUT2D eigenvalue weighted by Crippen LogP contribution is 2.52. The van der Waals surface area contributed by atoms with Gasteiger partial charge in [-0.2, -0.15) is 13.2 Å². The van der Waals surface area contributed by atoms with Gasteiger partial charge in [0.25, 0.3) is 5.91 Å². The summed E-state index contributed by atoms with van der Waals surface area (Å²) in [6.07, 6.45) is 0.0293. The molecule has 9 heteroatoms. The molecule has 0 spiro atoms. The fourth-order valence-electron chi connectivity index (χ4n) is 5.27. The predicted octanol–water partition coefficient (Wildman–Crippen LogP) is 4.13. The van der Waals surface area contributed by atoms with Crippen molar-refractivity contribution in [1.29, 1.82) is 0 Å². The number of hydrogen-bond donors (Lipinski definition) is 0. The average Bonchev–Trinajstić information content (AvgIpc) is 3.51. The van der Waals surface area contributed by atoms with Crippen molar-refractivity contribution in [3.63, 3.8) is 0 Å². The van der Waals surface area contributed by atoms with E-state index in [2.05, 4.69) is 0 Å². The summed E-state index contributed by atoms with van der Waals surface area (Å²) in [5.41, 5.74) is -0.856. The van der Waals surface area contributed by atoms with E-state index in [1.54, 1.807) is 12.1 Å². The smallest absolute Gasteiger partial charge is 0.416 e. The summed E-state index contributed by atoms with van der Waals surface area (Å²) in [5, 5.41) is 0.